The third-order valence-electron chi connectivity index (χ3n) is 5.90. The topological polar surface area (TPSA) is 68.3 Å². The van der Waals surface area contributed by atoms with Crippen LogP contribution in [0.1, 0.15) is 11.6 Å². The lowest BCUT2D eigenvalue weighted by molar-refractivity contribution is -0.126. The maximum Gasteiger partial charge on any atom is 0.387 e. The van der Waals surface area contributed by atoms with E-state index in [0.29, 0.717) is 22.7 Å². The van der Waals surface area contributed by atoms with Gasteiger partial charge in [0.2, 0.25) is 5.91 Å². The van der Waals surface area contributed by atoms with Crippen molar-refractivity contribution in [2.45, 2.75) is 18.8 Å². The summed E-state index contributed by atoms with van der Waals surface area (Å²) in [5.74, 6) is -1.12. The Morgan fingerprint density at radius 3 is 2.09 bits per heavy atom. The molecule has 0 unspecified atom stereocenters. The summed E-state index contributed by atoms with van der Waals surface area (Å²) in [5, 5.41) is 1.54. The molecule has 0 N–H and O–H groups in total. The summed E-state index contributed by atoms with van der Waals surface area (Å²) in [6, 6.07) is 21.0. The van der Waals surface area contributed by atoms with E-state index in [9.17, 15) is 18.4 Å². The van der Waals surface area contributed by atoms with E-state index in [1.54, 1.807) is 53.6 Å². The number of carbonyl (C=O) groups is 2. The lowest BCUT2D eigenvalue weighted by Gasteiger charge is -2.28. The van der Waals surface area contributed by atoms with Crippen LogP contribution in [0.3, 0.4) is 0 Å². The molecule has 2 heterocycles. The molecule has 5 rings (SSSR count). The van der Waals surface area contributed by atoms with Crippen molar-refractivity contribution in [3.63, 3.8) is 0 Å². The average molecular weight is 466 g/mol. The first kappa shape index (κ1) is 21.8. The van der Waals surface area contributed by atoms with E-state index < -0.39 is 36.5 Å². The fourth-order valence-corrected chi connectivity index (χ4v) is 4.38. The van der Waals surface area contributed by atoms with Crippen molar-refractivity contribution in [2.24, 2.45) is 5.92 Å². The van der Waals surface area contributed by atoms with Crippen LogP contribution < -0.4 is 19.4 Å². The van der Waals surface area contributed by atoms with E-state index in [1.807, 2.05) is 18.2 Å². The molecule has 0 bridgehead atoms. The van der Waals surface area contributed by atoms with Gasteiger partial charge in [-0.1, -0.05) is 30.3 Å². The number of methoxy groups -OCH3 is 1. The Labute approximate surface area is 194 Å². The summed E-state index contributed by atoms with van der Waals surface area (Å²) < 4.78 is 34.8. The quantitative estimate of drug-likeness (QED) is 0.504. The number of fused-ring (bicyclic) bond motifs is 1. The van der Waals surface area contributed by atoms with Gasteiger partial charge in [-0.15, -0.1) is 0 Å². The Hall–Kier alpha value is -3.98. The highest BCUT2D eigenvalue weighted by molar-refractivity contribution is 6.23. The minimum Gasteiger partial charge on any atom is -0.497 e. The van der Waals surface area contributed by atoms with E-state index in [1.165, 1.54) is 19.2 Å². The fraction of sp³-hybridized carbons (Fsp3) is 0.200. The number of alkyl halides is 2. The highest BCUT2D eigenvalue weighted by Gasteiger charge is 2.60. The molecule has 2 fully saturated rings. The summed E-state index contributed by atoms with van der Waals surface area (Å²) in [7, 11) is 1.53. The molecule has 3 atom stereocenters. The van der Waals surface area contributed by atoms with Crippen molar-refractivity contribution in [3.05, 3.63) is 84.4 Å². The molecule has 2 saturated heterocycles. The van der Waals surface area contributed by atoms with Gasteiger partial charge in [0.25, 0.3) is 5.91 Å². The number of imide groups is 1. The molecule has 3 aromatic rings. The first-order valence-electron chi connectivity index (χ1n) is 10.6. The fourth-order valence-electron chi connectivity index (χ4n) is 4.38. The number of hydrogen-bond donors (Lipinski definition) is 0. The second-order valence-electron chi connectivity index (χ2n) is 7.82. The van der Waals surface area contributed by atoms with E-state index in [2.05, 4.69) is 4.74 Å². The zero-order valence-electron chi connectivity index (χ0n) is 18.0. The summed E-state index contributed by atoms with van der Waals surface area (Å²) in [6.45, 7) is -2.95. The lowest BCUT2D eigenvalue weighted by Crippen LogP contribution is -2.37. The van der Waals surface area contributed by atoms with E-state index in [0.717, 1.165) is 4.90 Å². The number of carbonyl (C=O) groups excluding carboxylic acids is 2. The van der Waals surface area contributed by atoms with Crippen molar-refractivity contribution in [3.8, 4) is 11.5 Å². The third-order valence-corrected chi connectivity index (χ3v) is 5.90. The molecule has 2 aliphatic rings. The van der Waals surface area contributed by atoms with Gasteiger partial charge in [-0.05, 0) is 54.1 Å². The van der Waals surface area contributed by atoms with Gasteiger partial charge in [-0.3, -0.25) is 14.4 Å². The number of para-hydroxylation sites is 1. The van der Waals surface area contributed by atoms with Gasteiger partial charge in [-0.2, -0.15) is 8.78 Å². The number of halogens is 2. The maximum atomic E-state index is 13.6. The van der Waals surface area contributed by atoms with Crippen molar-refractivity contribution in [1.82, 2.24) is 0 Å². The molecule has 9 heteroatoms. The monoisotopic (exact) mass is 466 g/mol. The van der Waals surface area contributed by atoms with Gasteiger partial charge >= 0.3 is 6.61 Å². The molecule has 0 radical (unpaired) electrons. The summed E-state index contributed by atoms with van der Waals surface area (Å²) in [5.41, 5.74) is 1.70. The van der Waals surface area contributed by atoms with Crippen LogP contribution in [0.25, 0.3) is 0 Å². The zero-order chi connectivity index (χ0) is 23.8. The molecule has 34 heavy (non-hydrogen) atoms. The predicted molar refractivity (Wildman–Crippen MR) is 119 cm³/mol. The van der Waals surface area contributed by atoms with Gasteiger partial charge in [0.15, 0.2) is 6.10 Å². The lowest BCUT2D eigenvalue weighted by atomic mass is 9.90. The molecule has 7 nitrogen and oxygen atoms in total. The van der Waals surface area contributed by atoms with E-state index in [4.69, 9.17) is 9.57 Å². The normalized spacial score (nSPS) is 21.8. The third kappa shape index (κ3) is 3.73. The van der Waals surface area contributed by atoms with Crippen molar-refractivity contribution < 1.29 is 32.7 Å². The van der Waals surface area contributed by atoms with Crippen LogP contribution in [-0.2, 0) is 14.4 Å². The largest absolute Gasteiger partial charge is 0.497 e. The number of nitrogens with zero attached hydrogens (tertiary/aromatic N) is 2. The number of anilines is 2. The van der Waals surface area contributed by atoms with Crippen LogP contribution in [0.15, 0.2) is 78.9 Å². The predicted octanol–water partition coefficient (Wildman–Crippen LogP) is 4.35. The second-order valence-corrected chi connectivity index (χ2v) is 7.82. The summed E-state index contributed by atoms with van der Waals surface area (Å²) in [4.78, 5) is 34.1. The van der Waals surface area contributed by atoms with Gasteiger partial charge in [-0.25, -0.2) is 9.96 Å². The maximum absolute atomic E-state index is 13.6. The number of benzene rings is 3. The van der Waals surface area contributed by atoms with Gasteiger partial charge in [0, 0.05) is 0 Å². The molecule has 0 spiro atoms. The smallest absolute Gasteiger partial charge is 0.387 e. The standard InChI is InChI=1S/C25H20F2N2O5/c1-32-18-13-9-16(10-14-18)28-23(30)20-21(15-7-11-19(12-8-15)33-25(26)27)29(34-22(20)24(28)31)17-5-3-2-4-6-17/h2-14,20-22,25H,1H3/t20-,21+,22-/m1/s1. The Kier molecular flexibility index (Phi) is 5.62. The van der Waals surface area contributed by atoms with Gasteiger partial charge in [0.1, 0.15) is 17.4 Å². The summed E-state index contributed by atoms with van der Waals surface area (Å²) >= 11 is 0. The van der Waals surface area contributed by atoms with Crippen molar-refractivity contribution >= 4 is 23.2 Å². The van der Waals surface area contributed by atoms with Crippen molar-refractivity contribution in [1.29, 1.82) is 0 Å². The van der Waals surface area contributed by atoms with E-state index in [-0.39, 0.29) is 5.75 Å². The first-order valence-corrected chi connectivity index (χ1v) is 10.6. The number of rotatable bonds is 6. The minimum absolute atomic E-state index is 0.00541. The van der Waals surface area contributed by atoms with Crippen LogP contribution in [0.4, 0.5) is 20.2 Å². The minimum atomic E-state index is -2.95. The number of amides is 2. The van der Waals surface area contributed by atoms with E-state index >= 15 is 0 Å². The van der Waals surface area contributed by atoms with Crippen molar-refractivity contribution in [2.75, 3.05) is 17.1 Å². The molecule has 2 amide bonds. The zero-order valence-corrected chi connectivity index (χ0v) is 18.0. The molecule has 3 aromatic carbocycles. The number of hydroxylamine groups is 1. The molecular formula is C25H20F2N2O5. The number of ether oxygens (including phenoxy) is 2. The summed E-state index contributed by atoms with van der Waals surface area (Å²) in [6.07, 6.45) is -1.03. The second kappa shape index (κ2) is 8.75. The van der Waals surface area contributed by atoms with Crippen LogP contribution in [0, 0.1) is 5.92 Å². The molecule has 0 saturated carbocycles. The molecule has 0 aliphatic carbocycles. The van der Waals surface area contributed by atoms with Gasteiger partial charge in [0.05, 0.1) is 24.5 Å². The average Bonchev–Trinajstić information content (AvgIpc) is 3.36. The molecule has 0 aromatic heterocycles. The van der Waals surface area contributed by atoms with Crippen LogP contribution >= 0.6 is 0 Å². The molecule has 174 valence electrons. The Balaban J connectivity index is 1.52. The SMILES string of the molecule is COc1ccc(N2C(=O)[C@H]3[C@@H](ON(c4ccccc4)[C@H]3c3ccc(OC(F)F)cc3)C2=O)cc1. The highest BCUT2D eigenvalue weighted by atomic mass is 19.3. The van der Waals surface area contributed by atoms with Crippen LogP contribution in [0.5, 0.6) is 11.5 Å². The van der Waals surface area contributed by atoms with Gasteiger partial charge < -0.3 is 9.47 Å². The number of hydrogen-bond acceptors (Lipinski definition) is 6. The highest BCUT2D eigenvalue weighted by Crippen LogP contribution is 2.47. The van der Waals surface area contributed by atoms with Crippen LogP contribution in [0.2, 0.25) is 0 Å². The Morgan fingerprint density at radius 2 is 1.47 bits per heavy atom. The Bertz CT molecular complexity index is 1190. The molecule has 2 aliphatic heterocycles. The Morgan fingerprint density at radius 1 is 0.824 bits per heavy atom. The molecular weight excluding hydrogens is 446 g/mol. The van der Waals surface area contributed by atoms with Crippen LogP contribution in [-0.4, -0.2) is 31.6 Å². The first-order chi connectivity index (χ1) is 16.5.